The van der Waals surface area contributed by atoms with Crippen LogP contribution in [0.4, 0.5) is 15.8 Å². The van der Waals surface area contributed by atoms with Gasteiger partial charge in [0, 0.05) is 31.2 Å². The number of esters is 1. The fourth-order valence-corrected chi connectivity index (χ4v) is 3.20. The summed E-state index contributed by atoms with van der Waals surface area (Å²) in [6.07, 6.45) is 1.31. The highest BCUT2D eigenvalue weighted by Crippen LogP contribution is 2.31. The quantitative estimate of drug-likeness (QED) is 0.650. The fraction of sp³-hybridized carbons (Fsp3) is 0.471. The Morgan fingerprint density at radius 2 is 1.92 bits per heavy atom. The van der Waals surface area contributed by atoms with E-state index in [4.69, 9.17) is 5.73 Å². The minimum atomic E-state index is -0.637. The van der Waals surface area contributed by atoms with E-state index in [9.17, 15) is 9.18 Å². The van der Waals surface area contributed by atoms with Crippen molar-refractivity contribution in [3.8, 4) is 5.69 Å². The third-order valence-corrected chi connectivity index (χ3v) is 4.93. The summed E-state index contributed by atoms with van der Waals surface area (Å²) in [5, 5.41) is 7.47. The minimum absolute atomic E-state index is 0.00346. The van der Waals surface area contributed by atoms with Crippen molar-refractivity contribution in [2.45, 2.75) is 25.9 Å². The molecule has 1 aromatic heterocycles. The van der Waals surface area contributed by atoms with Crippen molar-refractivity contribution in [1.82, 2.24) is 19.9 Å². The molecule has 2 atom stereocenters. The van der Waals surface area contributed by atoms with Crippen molar-refractivity contribution < 1.29 is 13.9 Å². The van der Waals surface area contributed by atoms with Gasteiger partial charge in [-0.25, -0.2) is 13.9 Å². The summed E-state index contributed by atoms with van der Waals surface area (Å²) in [5.74, 6) is -1.13. The van der Waals surface area contributed by atoms with E-state index >= 15 is 0 Å². The van der Waals surface area contributed by atoms with Crippen LogP contribution in [0.15, 0.2) is 18.3 Å². The molecule has 0 saturated carbocycles. The van der Waals surface area contributed by atoms with E-state index in [1.54, 1.807) is 0 Å². The Morgan fingerprint density at radius 3 is 2.54 bits per heavy atom. The first-order chi connectivity index (χ1) is 12.3. The molecular weight excluding hydrogens is 339 g/mol. The summed E-state index contributed by atoms with van der Waals surface area (Å²) in [6, 6.07) is 3.58. The van der Waals surface area contributed by atoms with Crippen molar-refractivity contribution in [3.05, 3.63) is 29.8 Å². The molecule has 0 unspecified atom stereocenters. The Kier molecular flexibility index (Phi) is 4.82. The lowest BCUT2D eigenvalue weighted by Crippen LogP contribution is -2.55. The number of nitrogens with zero attached hydrogens (tertiary/aromatic N) is 5. The van der Waals surface area contributed by atoms with Gasteiger partial charge in [0.2, 0.25) is 0 Å². The summed E-state index contributed by atoms with van der Waals surface area (Å²) < 4.78 is 20.5. The zero-order chi connectivity index (χ0) is 19.0. The van der Waals surface area contributed by atoms with Gasteiger partial charge >= 0.3 is 5.97 Å². The zero-order valence-electron chi connectivity index (χ0n) is 15.3. The van der Waals surface area contributed by atoms with Crippen molar-refractivity contribution in [1.29, 1.82) is 0 Å². The first-order valence-electron chi connectivity index (χ1n) is 8.38. The molecule has 26 heavy (non-hydrogen) atoms. The van der Waals surface area contributed by atoms with Crippen LogP contribution in [0.5, 0.6) is 0 Å². The van der Waals surface area contributed by atoms with Gasteiger partial charge in [-0.15, -0.1) is 5.10 Å². The molecule has 1 aliphatic rings. The maximum Gasteiger partial charge on any atom is 0.360 e. The molecule has 0 amide bonds. The highest BCUT2D eigenvalue weighted by atomic mass is 19.1. The number of likely N-dealkylation sites (N-methyl/N-ethyl adjacent to an activating group) is 1. The second-order valence-electron chi connectivity index (χ2n) is 6.67. The average Bonchev–Trinajstić information content (AvgIpc) is 3.10. The summed E-state index contributed by atoms with van der Waals surface area (Å²) in [6.45, 7) is 5.79. The predicted molar refractivity (Wildman–Crippen MR) is 96.0 cm³/mol. The largest absolute Gasteiger partial charge is 0.464 e. The second kappa shape index (κ2) is 6.91. The van der Waals surface area contributed by atoms with Crippen LogP contribution in [0.1, 0.15) is 24.3 Å². The van der Waals surface area contributed by atoms with Gasteiger partial charge in [0.05, 0.1) is 24.7 Å². The fourth-order valence-electron chi connectivity index (χ4n) is 3.20. The van der Waals surface area contributed by atoms with Crippen LogP contribution in [-0.2, 0) is 4.74 Å². The van der Waals surface area contributed by atoms with Crippen molar-refractivity contribution in [2.24, 2.45) is 0 Å². The number of rotatable bonds is 3. The molecule has 1 aromatic carbocycles. The second-order valence-corrected chi connectivity index (χ2v) is 6.67. The van der Waals surface area contributed by atoms with Gasteiger partial charge in [-0.2, -0.15) is 0 Å². The molecular formula is C17H23FN6O2. The number of nitrogen functional groups attached to an aromatic ring is 1. The molecule has 0 aliphatic carbocycles. The van der Waals surface area contributed by atoms with E-state index in [-0.39, 0.29) is 11.4 Å². The van der Waals surface area contributed by atoms with E-state index in [0.29, 0.717) is 23.5 Å². The van der Waals surface area contributed by atoms with E-state index in [0.717, 1.165) is 13.1 Å². The first kappa shape index (κ1) is 18.1. The number of hydrogen-bond acceptors (Lipinski definition) is 7. The predicted octanol–water partition coefficient (Wildman–Crippen LogP) is 1.30. The summed E-state index contributed by atoms with van der Waals surface area (Å²) in [5.41, 5.74) is 7.43. The molecule has 0 spiro atoms. The van der Waals surface area contributed by atoms with E-state index in [2.05, 4.69) is 45.7 Å². The van der Waals surface area contributed by atoms with Gasteiger partial charge in [-0.3, -0.25) is 4.90 Å². The molecule has 2 N–H and O–H groups in total. The monoisotopic (exact) mass is 362 g/mol. The third-order valence-electron chi connectivity index (χ3n) is 4.93. The standard InChI is InChI=1S/C17H23FN6O2/c1-10-7-23(8-11(2)22(10)3)16-5-12(18)15(6-13(16)19)24-9-14(20-21-24)17(25)26-4/h5-6,9-11H,7-8,19H2,1-4H3/t10-,11+. The molecule has 0 radical (unpaired) electrons. The minimum Gasteiger partial charge on any atom is -0.464 e. The highest BCUT2D eigenvalue weighted by Gasteiger charge is 2.28. The number of hydrogen-bond donors (Lipinski definition) is 1. The Hall–Kier alpha value is -2.68. The topological polar surface area (TPSA) is 89.5 Å². The Bertz CT molecular complexity index is 812. The third kappa shape index (κ3) is 3.22. The number of carbonyl (C=O) groups excluding carboxylic acids is 1. The Morgan fingerprint density at radius 1 is 1.27 bits per heavy atom. The van der Waals surface area contributed by atoms with Gasteiger partial charge < -0.3 is 15.4 Å². The number of benzene rings is 1. The van der Waals surface area contributed by atoms with Crippen LogP contribution in [0.3, 0.4) is 0 Å². The SMILES string of the molecule is COC(=O)c1cn(-c2cc(N)c(N3C[C@@H](C)N(C)[C@@H](C)C3)cc2F)nn1. The summed E-state index contributed by atoms with van der Waals surface area (Å²) in [7, 11) is 3.33. The number of carbonyl (C=O) groups is 1. The van der Waals surface area contributed by atoms with Gasteiger partial charge in [0.15, 0.2) is 11.5 Å². The van der Waals surface area contributed by atoms with Gasteiger partial charge in [-0.1, -0.05) is 5.21 Å². The van der Waals surface area contributed by atoms with Crippen LogP contribution in [0.25, 0.3) is 5.69 Å². The lowest BCUT2D eigenvalue weighted by atomic mass is 10.1. The highest BCUT2D eigenvalue weighted by molar-refractivity contribution is 5.86. The van der Waals surface area contributed by atoms with E-state index in [1.165, 1.54) is 30.1 Å². The van der Waals surface area contributed by atoms with Gasteiger partial charge in [0.25, 0.3) is 0 Å². The van der Waals surface area contributed by atoms with E-state index < -0.39 is 11.8 Å². The van der Waals surface area contributed by atoms with E-state index in [1.807, 2.05) is 0 Å². The zero-order valence-corrected chi connectivity index (χ0v) is 15.3. The summed E-state index contributed by atoms with van der Waals surface area (Å²) in [4.78, 5) is 15.9. The summed E-state index contributed by atoms with van der Waals surface area (Å²) >= 11 is 0. The lowest BCUT2D eigenvalue weighted by Gasteiger charge is -2.43. The van der Waals surface area contributed by atoms with Crippen molar-refractivity contribution in [3.63, 3.8) is 0 Å². The molecule has 2 heterocycles. The molecule has 9 heteroatoms. The van der Waals surface area contributed by atoms with Gasteiger partial charge in [-0.05, 0) is 27.0 Å². The Balaban J connectivity index is 1.92. The number of aromatic nitrogens is 3. The number of piperazine rings is 1. The number of nitrogens with two attached hydrogens (primary N) is 1. The average molecular weight is 362 g/mol. The molecule has 3 rings (SSSR count). The van der Waals surface area contributed by atoms with Crippen LogP contribution >= 0.6 is 0 Å². The normalized spacial score (nSPS) is 21.0. The molecule has 1 fully saturated rings. The van der Waals surface area contributed by atoms with Gasteiger partial charge in [0.1, 0.15) is 5.69 Å². The number of ether oxygens (including phenoxy) is 1. The maximum absolute atomic E-state index is 14.7. The molecule has 1 saturated heterocycles. The van der Waals surface area contributed by atoms with Crippen molar-refractivity contribution in [2.75, 3.05) is 37.9 Å². The lowest BCUT2D eigenvalue weighted by molar-refractivity contribution is 0.0594. The number of methoxy groups -OCH3 is 1. The molecule has 1 aliphatic heterocycles. The number of anilines is 2. The van der Waals surface area contributed by atoms with Crippen LogP contribution in [0, 0.1) is 5.82 Å². The number of halogens is 1. The molecule has 2 aromatic rings. The maximum atomic E-state index is 14.7. The van der Waals surface area contributed by atoms with Crippen LogP contribution in [0.2, 0.25) is 0 Å². The van der Waals surface area contributed by atoms with Crippen LogP contribution < -0.4 is 10.6 Å². The smallest absolute Gasteiger partial charge is 0.360 e. The molecule has 8 nitrogen and oxygen atoms in total. The van der Waals surface area contributed by atoms with Crippen LogP contribution in [-0.4, -0.2) is 65.2 Å². The molecule has 140 valence electrons. The first-order valence-corrected chi connectivity index (χ1v) is 8.38. The Labute approximate surface area is 151 Å². The van der Waals surface area contributed by atoms with Crippen molar-refractivity contribution >= 4 is 17.3 Å². The molecule has 0 bridgehead atoms.